The molecule has 4 aromatic rings. The Morgan fingerprint density at radius 2 is 1.39 bits per heavy atom. The van der Waals surface area contributed by atoms with Crippen LogP contribution >= 0.6 is 0 Å². The van der Waals surface area contributed by atoms with E-state index >= 15 is 0 Å². The van der Waals surface area contributed by atoms with Crippen LogP contribution in [0.5, 0.6) is 0 Å². The molecule has 4 rings (SSSR count). The molecule has 0 aliphatic heterocycles. The van der Waals surface area contributed by atoms with E-state index < -0.39 is 0 Å². The number of carbonyl (C=O) groups excluding carboxylic acids is 2. The monoisotopic (exact) mass is 366 g/mol. The summed E-state index contributed by atoms with van der Waals surface area (Å²) in [6.45, 7) is 1.53. The van der Waals surface area contributed by atoms with Crippen LogP contribution in [0.15, 0.2) is 84.9 Å². The van der Waals surface area contributed by atoms with Gasteiger partial charge in [0.2, 0.25) is 0 Å². The first kappa shape index (κ1) is 17.6. The maximum absolute atomic E-state index is 12.1. The second-order valence-corrected chi connectivity index (χ2v) is 6.46. The number of carbonyl (C=O) groups is 2. The molecule has 0 N–H and O–H groups in total. The van der Waals surface area contributed by atoms with Crippen LogP contribution in [0, 0.1) is 0 Å². The molecule has 0 saturated heterocycles. The number of rotatable bonds is 5. The summed E-state index contributed by atoms with van der Waals surface area (Å²) in [6.07, 6.45) is 0.834. The third-order valence-corrected chi connectivity index (χ3v) is 4.64. The first-order valence-electron chi connectivity index (χ1n) is 8.99. The van der Waals surface area contributed by atoms with Crippen molar-refractivity contribution in [3.05, 3.63) is 96.2 Å². The highest BCUT2D eigenvalue weighted by Gasteiger charge is 2.20. The quantitative estimate of drug-likeness (QED) is 0.359. The summed E-state index contributed by atoms with van der Waals surface area (Å²) in [5.74, 6) is 0.679. The first-order valence-corrected chi connectivity index (χ1v) is 8.99. The smallest absolute Gasteiger partial charge is 0.169 e. The van der Waals surface area contributed by atoms with Gasteiger partial charge in [-0.2, -0.15) is 0 Å². The lowest BCUT2D eigenvalue weighted by Gasteiger charge is -2.10. The summed E-state index contributed by atoms with van der Waals surface area (Å²) < 4.78 is 1.84. The third-order valence-electron chi connectivity index (χ3n) is 4.64. The molecule has 0 atom stereocenters. The van der Waals surface area contributed by atoms with Crippen molar-refractivity contribution in [2.45, 2.75) is 6.92 Å². The van der Waals surface area contributed by atoms with Gasteiger partial charge in [0, 0.05) is 22.4 Å². The molecule has 0 radical (unpaired) electrons. The maximum atomic E-state index is 12.1. The fraction of sp³-hybridized carbons (Fsp3) is 0.0417. The maximum Gasteiger partial charge on any atom is 0.169 e. The van der Waals surface area contributed by atoms with Crippen LogP contribution in [0.3, 0.4) is 0 Å². The van der Waals surface area contributed by atoms with Gasteiger partial charge in [0.15, 0.2) is 12.1 Å². The predicted octanol–water partition coefficient (Wildman–Crippen LogP) is 5.22. The Hall–Kier alpha value is -3.79. The zero-order chi connectivity index (χ0) is 19.5. The van der Waals surface area contributed by atoms with Gasteiger partial charge in [0.25, 0.3) is 0 Å². The van der Waals surface area contributed by atoms with E-state index in [1.807, 2.05) is 77.4 Å². The van der Waals surface area contributed by atoms with E-state index in [1.54, 1.807) is 12.1 Å². The van der Waals surface area contributed by atoms with Gasteiger partial charge >= 0.3 is 0 Å². The lowest BCUT2D eigenvalue weighted by molar-refractivity contribution is 0.101. The number of Topliss-reactive ketones (excluding diaryl/α,β-unsaturated/α-hetero) is 1. The summed E-state index contributed by atoms with van der Waals surface area (Å²) in [4.78, 5) is 28.5. The second-order valence-electron chi connectivity index (χ2n) is 6.46. The number of nitrogens with zero attached hydrogens (tertiary/aromatic N) is 2. The summed E-state index contributed by atoms with van der Waals surface area (Å²) >= 11 is 0. The van der Waals surface area contributed by atoms with Crippen LogP contribution in [-0.4, -0.2) is 21.6 Å². The van der Waals surface area contributed by atoms with Crippen molar-refractivity contribution in [3.8, 4) is 28.3 Å². The molecular weight excluding hydrogens is 348 g/mol. The van der Waals surface area contributed by atoms with Crippen LogP contribution in [-0.2, 0) is 0 Å². The molecule has 0 saturated carbocycles. The van der Waals surface area contributed by atoms with Gasteiger partial charge < -0.3 is 0 Å². The average molecular weight is 366 g/mol. The highest BCUT2D eigenvalue weighted by atomic mass is 16.1. The van der Waals surface area contributed by atoms with Gasteiger partial charge in [-0.1, -0.05) is 60.7 Å². The molecule has 0 bridgehead atoms. The number of ketones is 1. The minimum atomic E-state index is 0.000972. The third kappa shape index (κ3) is 3.16. The van der Waals surface area contributed by atoms with E-state index in [0.717, 1.165) is 23.1 Å². The lowest BCUT2D eigenvalue weighted by atomic mass is 10.1. The zero-order valence-electron chi connectivity index (χ0n) is 15.4. The molecule has 28 heavy (non-hydrogen) atoms. The molecule has 0 unspecified atom stereocenters. The summed E-state index contributed by atoms with van der Waals surface area (Å²) in [5.41, 5.74) is 4.29. The predicted molar refractivity (Wildman–Crippen MR) is 110 cm³/mol. The first-order chi connectivity index (χ1) is 13.7. The number of hydrogen-bond acceptors (Lipinski definition) is 3. The van der Waals surface area contributed by atoms with E-state index in [0.29, 0.717) is 22.8 Å². The fourth-order valence-electron chi connectivity index (χ4n) is 3.24. The van der Waals surface area contributed by atoms with Gasteiger partial charge in [0.1, 0.15) is 17.2 Å². The molecule has 1 aromatic heterocycles. The van der Waals surface area contributed by atoms with E-state index in [4.69, 9.17) is 4.98 Å². The molecule has 0 amide bonds. The Kier molecular flexibility index (Phi) is 4.68. The Morgan fingerprint density at radius 1 is 0.821 bits per heavy atom. The molecule has 0 spiro atoms. The number of imidazole rings is 1. The average Bonchev–Trinajstić information content (AvgIpc) is 3.14. The van der Waals surface area contributed by atoms with Crippen molar-refractivity contribution in [1.82, 2.24) is 9.55 Å². The summed E-state index contributed by atoms with van der Waals surface area (Å²) in [5, 5.41) is 0. The van der Waals surface area contributed by atoms with Crippen molar-refractivity contribution in [3.63, 3.8) is 0 Å². The number of benzene rings is 3. The van der Waals surface area contributed by atoms with E-state index in [-0.39, 0.29) is 5.78 Å². The normalized spacial score (nSPS) is 10.6. The summed E-state index contributed by atoms with van der Waals surface area (Å²) in [6, 6.07) is 26.6. The second kappa shape index (κ2) is 7.45. The van der Waals surface area contributed by atoms with E-state index in [9.17, 15) is 9.59 Å². The highest BCUT2D eigenvalue weighted by Crippen LogP contribution is 2.31. The Balaban J connectivity index is 1.98. The topological polar surface area (TPSA) is 52.0 Å². The molecule has 1 heterocycles. The van der Waals surface area contributed by atoms with Gasteiger partial charge in [-0.25, -0.2) is 4.98 Å². The number of aromatic nitrogens is 2. The lowest BCUT2D eigenvalue weighted by Crippen LogP contribution is -2.03. The number of aldehydes is 1. The van der Waals surface area contributed by atoms with Crippen molar-refractivity contribution >= 4 is 12.1 Å². The van der Waals surface area contributed by atoms with Gasteiger partial charge in [0.05, 0.1) is 0 Å². The molecule has 4 nitrogen and oxygen atoms in total. The van der Waals surface area contributed by atoms with Crippen molar-refractivity contribution in [1.29, 1.82) is 0 Å². The van der Waals surface area contributed by atoms with Crippen molar-refractivity contribution in [2.24, 2.45) is 0 Å². The SMILES string of the molecule is CC(=O)c1ccc(-n2c(-c3ccccc3)nc(-c3ccccc3)c2C=O)cc1. The molecule has 0 aliphatic carbocycles. The Labute approximate surface area is 163 Å². The Morgan fingerprint density at radius 3 is 1.93 bits per heavy atom. The van der Waals surface area contributed by atoms with Crippen LogP contribution in [0.25, 0.3) is 28.3 Å². The summed E-state index contributed by atoms with van der Waals surface area (Å²) in [7, 11) is 0. The molecule has 0 aliphatic rings. The largest absolute Gasteiger partial charge is 0.296 e. The fourth-order valence-corrected chi connectivity index (χ4v) is 3.24. The molecule has 136 valence electrons. The van der Waals surface area contributed by atoms with Crippen LogP contribution < -0.4 is 0 Å². The minimum absolute atomic E-state index is 0.000972. The molecule has 4 heteroatoms. The highest BCUT2D eigenvalue weighted by molar-refractivity contribution is 5.94. The molecule has 3 aromatic carbocycles. The molecule has 0 fully saturated rings. The van der Waals surface area contributed by atoms with Crippen molar-refractivity contribution in [2.75, 3.05) is 0 Å². The van der Waals surface area contributed by atoms with Crippen LogP contribution in [0.1, 0.15) is 27.8 Å². The number of hydrogen-bond donors (Lipinski definition) is 0. The zero-order valence-corrected chi connectivity index (χ0v) is 15.4. The van der Waals surface area contributed by atoms with E-state index in [2.05, 4.69) is 0 Å². The van der Waals surface area contributed by atoms with Crippen LogP contribution in [0.4, 0.5) is 0 Å². The standard InChI is InChI=1S/C24H18N2O2/c1-17(28)18-12-14-21(15-13-18)26-22(16-27)23(19-8-4-2-5-9-19)25-24(26)20-10-6-3-7-11-20/h2-16H,1H3. The Bertz CT molecular complexity index is 1130. The minimum Gasteiger partial charge on any atom is -0.296 e. The molecular formula is C24H18N2O2. The van der Waals surface area contributed by atoms with Crippen molar-refractivity contribution < 1.29 is 9.59 Å². The van der Waals surface area contributed by atoms with Gasteiger partial charge in [-0.3, -0.25) is 14.2 Å². The van der Waals surface area contributed by atoms with E-state index in [1.165, 1.54) is 6.92 Å². The van der Waals surface area contributed by atoms with Gasteiger partial charge in [-0.15, -0.1) is 0 Å². The van der Waals surface area contributed by atoms with Gasteiger partial charge in [-0.05, 0) is 31.2 Å². The van der Waals surface area contributed by atoms with Crippen LogP contribution in [0.2, 0.25) is 0 Å².